The molecule has 2 aromatic rings. The zero-order valence-electron chi connectivity index (χ0n) is 13.2. The fourth-order valence-corrected chi connectivity index (χ4v) is 2.01. The molecule has 0 bridgehead atoms. The molecule has 0 spiro atoms. The molecule has 0 saturated carbocycles. The predicted molar refractivity (Wildman–Crippen MR) is 83.6 cm³/mol. The molecule has 0 amide bonds. The molecule has 2 heterocycles. The standard InChI is InChI=1S/C16H24N4O/c1-5-14-7-13(10-17-9-11(2)3)8-15(18-14)21-16-6-12(4)19-20-16/h6-8,11,17H,5,9-10H2,1-4H3,(H,19,20). The maximum Gasteiger partial charge on any atom is 0.240 e. The van der Waals surface area contributed by atoms with Gasteiger partial charge < -0.3 is 10.1 Å². The summed E-state index contributed by atoms with van der Waals surface area (Å²) in [5.41, 5.74) is 3.18. The first-order valence-electron chi connectivity index (χ1n) is 7.47. The monoisotopic (exact) mass is 288 g/mol. The van der Waals surface area contributed by atoms with Gasteiger partial charge in [-0.3, -0.25) is 5.10 Å². The van der Waals surface area contributed by atoms with E-state index >= 15 is 0 Å². The molecule has 0 aliphatic rings. The minimum Gasteiger partial charge on any atom is -0.419 e. The van der Waals surface area contributed by atoms with Crippen LogP contribution >= 0.6 is 0 Å². The topological polar surface area (TPSA) is 62.8 Å². The first kappa shape index (κ1) is 15.5. The van der Waals surface area contributed by atoms with Crippen molar-refractivity contribution in [3.63, 3.8) is 0 Å². The maximum absolute atomic E-state index is 5.73. The maximum atomic E-state index is 5.73. The Balaban J connectivity index is 2.09. The van der Waals surface area contributed by atoms with Crippen LogP contribution in [0.4, 0.5) is 0 Å². The van der Waals surface area contributed by atoms with Crippen LogP contribution < -0.4 is 10.1 Å². The minimum atomic E-state index is 0.550. The van der Waals surface area contributed by atoms with Crippen LogP contribution in [0.5, 0.6) is 11.8 Å². The van der Waals surface area contributed by atoms with Crippen molar-refractivity contribution in [2.24, 2.45) is 5.92 Å². The molecule has 0 aliphatic heterocycles. The Morgan fingerprint density at radius 1 is 1.24 bits per heavy atom. The number of ether oxygens (including phenoxy) is 1. The van der Waals surface area contributed by atoms with Crippen LogP contribution in [0.25, 0.3) is 0 Å². The lowest BCUT2D eigenvalue weighted by molar-refractivity contribution is 0.440. The van der Waals surface area contributed by atoms with Gasteiger partial charge in [0.15, 0.2) is 0 Å². The van der Waals surface area contributed by atoms with Gasteiger partial charge in [-0.25, -0.2) is 4.98 Å². The zero-order chi connectivity index (χ0) is 15.2. The Labute approximate surface area is 126 Å². The largest absolute Gasteiger partial charge is 0.419 e. The summed E-state index contributed by atoms with van der Waals surface area (Å²) in [5.74, 6) is 1.79. The Hall–Kier alpha value is -1.88. The van der Waals surface area contributed by atoms with Gasteiger partial charge >= 0.3 is 0 Å². The van der Waals surface area contributed by atoms with Gasteiger partial charge in [-0.15, -0.1) is 5.10 Å². The van der Waals surface area contributed by atoms with E-state index in [1.807, 2.05) is 19.1 Å². The number of pyridine rings is 1. The first-order chi connectivity index (χ1) is 10.1. The van der Waals surface area contributed by atoms with E-state index in [-0.39, 0.29) is 0 Å². The number of nitrogens with one attached hydrogen (secondary N) is 2. The van der Waals surface area contributed by atoms with E-state index in [0.29, 0.717) is 17.7 Å². The average Bonchev–Trinajstić information content (AvgIpc) is 2.83. The lowest BCUT2D eigenvalue weighted by atomic mass is 10.2. The van der Waals surface area contributed by atoms with Gasteiger partial charge in [0.1, 0.15) is 0 Å². The van der Waals surface area contributed by atoms with Crippen LogP contribution in [0.1, 0.15) is 37.7 Å². The second-order valence-corrected chi connectivity index (χ2v) is 5.67. The molecule has 2 rings (SSSR count). The lowest BCUT2D eigenvalue weighted by Crippen LogP contribution is -2.19. The molecule has 114 valence electrons. The average molecular weight is 288 g/mol. The summed E-state index contributed by atoms with van der Waals surface area (Å²) in [6.45, 7) is 10.3. The molecular formula is C16H24N4O. The highest BCUT2D eigenvalue weighted by Crippen LogP contribution is 2.20. The van der Waals surface area contributed by atoms with Gasteiger partial charge in [0.25, 0.3) is 0 Å². The molecule has 0 saturated heterocycles. The Morgan fingerprint density at radius 3 is 2.67 bits per heavy atom. The fraction of sp³-hybridized carbons (Fsp3) is 0.500. The van der Waals surface area contributed by atoms with E-state index in [4.69, 9.17) is 4.74 Å². The van der Waals surface area contributed by atoms with Crippen LogP contribution in [0.15, 0.2) is 18.2 Å². The minimum absolute atomic E-state index is 0.550. The van der Waals surface area contributed by atoms with Crippen LogP contribution in [-0.4, -0.2) is 21.7 Å². The smallest absolute Gasteiger partial charge is 0.240 e. The molecule has 2 N–H and O–H groups in total. The number of nitrogens with zero attached hydrogens (tertiary/aromatic N) is 2. The molecule has 0 radical (unpaired) electrons. The van der Waals surface area contributed by atoms with Crippen molar-refractivity contribution in [2.75, 3.05) is 6.54 Å². The third-order valence-electron chi connectivity index (χ3n) is 3.05. The molecule has 2 aromatic heterocycles. The van der Waals surface area contributed by atoms with E-state index in [2.05, 4.69) is 47.3 Å². The van der Waals surface area contributed by atoms with Crippen LogP contribution in [0, 0.1) is 12.8 Å². The molecule has 0 fully saturated rings. The summed E-state index contributed by atoms with van der Waals surface area (Å²) in [6.07, 6.45) is 0.883. The highest BCUT2D eigenvalue weighted by atomic mass is 16.5. The molecule has 0 aromatic carbocycles. The van der Waals surface area contributed by atoms with Gasteiger partial charge in [-0.2, -0.15) is 0 Å². The van der Waals surface area contributed by atoms with Crippen molar-refractivity contribution in [3.8, 4) is 11.8 Å². The Kier molecular flexibility index (Phi) is 5.33. The fourth-order valence-electron chi connectivity index (χ4n) is 2.01. The molecule has 5 heteroatoms. The van der Waals surface area contributed by atoms with Crippen LogP contribution in [0.3, 0.4) is 0 Å². The third-order valence-corrected chi connectivity index (χ3v) is 3.05. The van der Waals surface area contributed by atoms with E-state index in [9.17, 15) is 0 Å². The number of rotatable bonds is 7. The number of hydrogen-bond donors (Lipinski definition) is 2. The SMILES string of the molecule is CCc1cc(CNCC(C)C)cc(Oc2cc(C)[nH]n2)n1. The predicted octanol–water partition coefficient (Wildman–Crippen LogP) is 3.21. The van der Waals surface area contributed by atoms with E-state index < -0.39 is 0 Å². The number of hydrogen-bond acceptors (Lipinski definition) is 4. The zero-order valence-corrected chi connectivity index (χ0v) is 13.2. The van der Waals surface area contributed by atoms with Crippen molar-refractivity contribution in [1.82, 2.24) is 20.5 Å². The summed E-state index contributed by atoms with van der Waals surface area (Å²) in [4.78, 5) is 4.50. The van der Waals surface area contributed by atoms with Gasteiger partial charge in [0.05, 0.1) is 0 Å². The lowest BCUT2D eigenvalue weighted by Gasteiger charge is -2.10. The van der Waals surface area contributed by atoms with Crippen molar-refractivity contribution < 1.29 is 4.74 Å². The van der Waals surface area contributed by atoms with Crippen molar-refractivity contribution >= 4 is 0 Å². The second kappa shape index (κ2) is 7.22. The summed E-state index contributed by atoms with van der Waals surface area (Å²) >= 11 is 0. The van der Waals surface area contributed by atoms with Crippen molar-refractivity contribution in [3.05, 3.63) is 35.2 Å². The molecule has 0 unspecified atom stereocenters. The molecule has 21 heavy (non-hydrogen) atoms. The highest BCUT2D eigenvalue weighted by Gasteiger charge is 2.06. The summed E-state index contributed by atoms with van der Waals surface area (Å²) in [7, 11) is 0. The first-order valence-corrected chi connectivity index (χ1v) is 7.47. The van der Waals surface area contributed by atoms with E-state index in [1.165, 1.54) is 5.56 Å². The third kappa shape index (κ3) is 4.86. The van der Waals surface area contributed by atoms with Crippen LogP contribution in [-0.2, 0) is 13.0 Å². The van der Waals surface area contributed by atoms with E-state index in [0.717, 1.165) is 30.9 Å². The van der Waals surface area contributed by atoms with Gasteiger partial charge in [-0.1, -0.05) is 20.8 Å². The number of H-pyrrole nitrogens is 1. The summed E-state index contributed by atoms with van der Waals surface area (Å²) in [5, 5.41) is 10.4. The highest BCUT2D eigenvalue weighted by molar-refractivity contribution is 5.28. The van der Waals surface area contributed by atoms with E-state index in [1.54, 1.807) is 0 Å². The van der Waals surface area contributed by atoms with Crippen molar-refractivity contribution in [2.45, 2.75) is 40.7 Å². The molecule has 0 atom stereocenters. The molecule has 0 aliphatic carbocycles. The van der Waals surface area contributed by atoms with Gasteiger partial charge in [-0.05, 0) is 37.4 Å². The second-order valence-electron chi connectivity index (χ2n) is 5.67. The number of aromatic amines is 1. The van der Waals surface area contributed by atoms with Gasteiger partial charge in [0.2, 0.25) is 11.8 Å². The summed E-state index contributed by atoms with van der Waals surface area (Å²) < 4.78 is 5.73. The Morgan fingerprint density at radius 2 is 2.05 bits per heavy atom. The number of aryl methyl sites for hydroxylation is 2. The quantitative estimate of drug-likeness (QED) is 0.821. The molecule has 5 nitrogen and oxygen atoms in total. The summed E-state index contributed by atoms with van der Waals surface area (Å²) in [6, 6.07) is 5.95. The number of aromatic nitrogens is 3. The van der Waals surface area contributed by atoms with Gasteiger partial charge in [0, 0.05) is 30.1 Å². The molecular weight excluding hydrogens is 264 g/mol. The van der Waals surface area contributed by atoms with Crippen LogP contribution in [0.2, 0.25) is 0 Å². The normalized spacial score (nSPS) is 11.1. The Bertz CT molecular complexity index is 577. The van der Waals surface area contributed by atoms with Crippen molar-refractivity contribution in [1.29, 1.82) is 0 Å².